The van der Waals surface area contributed by atoms with Crippen molar-refractivity contribution in [3.63, 3.8) is 0 Å². The third-order valence-electron chi connectivity index (χ3n) is 7.17. The Hall–Kier alpha value is -3.23. The van der Waals surface area contributed by atoms with Crippen molar-refractivity contribution >= 4 is 17.5 Å². The number of likely N-dealkylation sites (tertiary alicyclic amines) is 1. The van der Waals surface area contributed by atoms with Crippen molar-refractivity contribution in [1.29, 1.82) is 0 Å². The summed E-state index contributed by atoms with van der Waals surface area (Å²) in [5, 5.41) is 0.653. The van der Waals surface area contributed by atoms with Crippen LogP contribution < -0.4 is 9.47 Å². The fourth-order valence-electron chi connectivity index (χ4n) is 5.20. The molecule has 1 atom stereocenters. The van der Waals surface area contributed by atoms with Gasteiger partial charge in [0.1, 0.15) is 11.5 Å². The molecule has 1 saturated heterocycles. The number of hydrogen-bond acceptors (Lipinski definition) is 4. The first-order valence-electron chi connectivity index (χ1n) is 13.2. The van der Waals surface area contributed by atoms with Crippen molar-refractivity contribution in [3.8, 4) is 11.5 Å². The van der Waals surface area contributed by atoms with Crippen LogP contribution in [-0.4, -0.2) is 48.8 Å². The third kappa shape index (κ3) is 8.63. The molecule has 1 heterocycles. The second-order valence-corrected chi connectivity index (χ2v) is 11.0. The van der Waals surface area contributed by atoms with E-state index in [9.17, 15) is 18.0 Å². The first-order valence-corrected chi connectivity index (χ1v) is 13.6. The Balaban J connectivity index is 1.50. The number of carbonyl (C=O) groups is 1. The van der Waals surface area contributed by atoms with Gasteiger partial charge in [0, 0.05) is 43.5 Å². The topological polar surface area (TPSA) is 42.0 Å². The number of alkyl halides is 3. The van der Waals surface area contributed by atoms with Gasteiger partial charge in [-0.1, -0.05) is 54.1 Å². The Morgan fingerprint density at radius 2 is 1.77 bits per heavy atom. The minimum atomic E-state index is -4.75. The maximum absolute atomic E-state index is 13.5. The fraction of sp³-hybridized carbons (Fsp3) is 0.387. The monoisotopic (exact) mass is 574 g/mol. The highest BCUT2D eigenvalue weighted by Crippen LogP contribution is 2.36. The number of ether oxygens (including phenoxy) is 2. The van der Waals surface area contributed by atoms with Crippen LogP contribution in [0, 0.1) is 12.3 Å². The molecule has 0 spiro atoms. The molecule has 5 nitrogen and oxygen atoms in total. The largest absolute Gasteiger partial charge is 0.573 e. The minimum absolute atomic E-state index is 0.0159. The molecule has 0 N–H and O–H groups in total. The normalized spacial score (nSPS) is 17.9. The molecular weight excluding hydrogens is 541 g/mol. The lowest BCUT2D eigenvalue weighted by Gasteiger charge is -2.43. The Morgan fingerprint density at radius 1 is 1.02 bits per heavy atom. The van der Waals surface area contributed by atoms with Crippen LogP contribution in [0.3, 0.4) is 0 Å². The van der Waals surface area contributed by atoms with Gasteiger partial charge in [-0.25, -0.2) is 0 Å². The van der Waals surface area contributed by atoms with Crippen molar-refractivity contribution in [2.45, 2.75) is 45.6 Å². The zero-order valence-electron chi connectivity index (χ0n) is 22.7. The smallest absolute Gasteiger partial charge is 0.493 e. The molecule has 0 bridgehead atoms. The quantitative estimate of drug-likeness (QED) is 0.256. The number of rotatable bonds is 10. The van der Waals surface area contributed by atoms with Crippen molar-refractivity contribution < 1.29 is 27.4 Å². The molecule has 1 aliphatic heterocycles. The number of amides is 1. The average Bonchev–Trinajstić information content (AvgIpc) is 2.89. The second-order valence-electron chi connectivity index (χ2n) is 10.6. The molecule has 9 heteroatoms. The minimum Gasteiger partial charge on any atom is -0.493 e. The lowest BCUT2D eigenvalue weighted by Crippen LogP contribution is -2.48. The predicted molar refractivity (Wildman–Crippen MR) is 149 cm³/mol. The van der Waals surface area contributed by atoms with E-state index in [4.69, 9.17) is 16.3 Å². The zero-order chi connectivity index (χ0) is 28.8. The van der Waals surface area contributed by atoms with Crippen molar-refractivity contribution in [3.05, 3.63) is 94.5 Å². The summed E-state index contributed by atoms with van der Waals surface area (Å²) in [6.07, 6.45) is -2.84. The van der Waals surface area contributed by atoms with Crippen molar-refractivity contribution in [2.75, 3.05) is 26.7 Å². The van der Waals surface area contributed by atoms with Gasteiger partial charge in [0.05, 0.1) is 6.61 Å². The van der Waals surface area contributed by atoms with E-state index in [2.05, 4.69) is 9.64 Å². The SMILES string of the molecule is Cc1cc(OC[C@]2(CC(=O)N(C)Cc3ccccc3)CCCN(Cc3cccc(OC(F)(F)F)c3)C2)ccc1Cl. The van der Waals surface area contributed by atoms with Gasteiger partial charge in [0.2, 0.25) is 5.91 Å². The molecule has 1 fully saturated rings. The summed E-state index contributed by atoms with van der Waals surface area (Å²) >= 11 is 6.19. The number of halogens is 4. The number of aryl methyl sites for hydroxylation is 1. The van der Waals surface area contributed by atoms with Crippen LogP contribution in [0.25, 0.3) is 0 Å². The molecule has 0 radical (unpaired) electrons. The first kappa shape index (κ1) is 29.7. The number of hydrogen-bond donors (Lipinski definition) is 0. The highest BCUT2D eigenvalue weighted by molar-refractivity contribution is 6.31. The molecule has 3 aromatic rings. The van der Waals surface area contributed by atoms with Gasteiger partial charge in [-0.05, 0) is 73.3 Å². The number of benzene rings is 3. The highest BCUT2D eigenvalue weighted by atomic mass is 35.5. The summed E-state index contributed by atoms with van der Waals surface area (Å²) in [6.45, 7) is 4.50. The summed E-state index contributed by atoms with van der Waals surface area (Å²) in [5.41, 5.74) is 2.18. The predicted octanol–water partition coefficient (Wildman–Crippen LogP) is 7.26. The van der Waals surface area contributed by atoms with E-state index in [-0.39, 0.29) is 18.1 Å². The van der Waals surface area contributed by atoms with E-state index >= 15 is 0 Å². The summed E-state index contributed by atoms with van der Waals surface area (Å²) < 4.78 is 48.6. The summed E-state index contributed by atoms with van der Waals surface area (Å²) in [4.78, 5) is 17.4. The van der Waals surface area contributed by atoms with Crippen molar-refractivity contribution in [2.24, 2.45) is 5.41 Å². The molecule has 4 rings (SSSR count). The number of carbonyl (C=O) groups excluding carboxylic acids is 1. The van der Waals surface area contributed by atoms with Crippen molar-refractivity contribution in [1.82, 2.24) is 9.80 Å². The van der Waals surface area contributed by atoms with E-state index in [0.717, 1.165) is 30.5 Å². The lowest BCUT2D eigenvalue weighted by atomic mass is 9.77. The van der Waals surface area contributed by atoms with Crippen LogP contribution in [-0.2, 0) is 17.9 Å². The van der Waals surface area contributed by atoms with Crippen LogP contribution >= 0.6 is 11.6 Å². The van der Waals surface area contributed by atoms with Gasteiger partial charge < -0.3 is 14.4 Å². The molecule has 0 saturated carbocycles. The van der Waals surface area contributed by atoms with Gasteiger partial charge in [-0.3, -0.25) is 9.69 Å². The Labute approximate surface area is 238 Å². The molecule has 0 unspecified atom stereocenters. The van der Waals surface area contributed by atoms with Gasteiger partial charge in [-0.15, -0.1) is 13.2 Å². The maximum atomic E-state index is 13.5. The Kier molecular flexibility index (Phi) is 9.64. The number of nitrogens with zero attached hydrogens (tertiary/aromatic N) is 2. The first-order chi connectivity index (χ1) is 19.0. The summed E-state index contributed by atoms with van der Waals surface area (Å²) in [5.74, 6) is 0.454. The van der Waals surface area contributed by atoms with Gasteiger partial charge in [0.15, 0.2) is 0 Å². The average molecular weight is 575 g/mol. The van der Waals surface area contributed by atoms with Crippen LogP contribution in [0.15, 0.2) is 72.8 Å². The molecule has 3 aromatic carbocycles. The lowest BCUT2D eigenvalue weighted by molar-refractivity contribution is -0.274. The molecule has 40 heavy (non-hydrogen) atoms. The zero-order valence-corrected chi connectivity index (χ0v) is 23.5. The van der Waals surface area contributed by atoms with E-state index in [1.165, 1.54) is 12.1 Å². The molecule has 1 amide bonds. The van der Waals surface area contributed by atoms with E-state index in [0.29, 0.717) is 42.6 Å². The number of piperidine rings is 1. The van der Waals surface area contributed by atoms with Crippen LogP contribution in [0.1, 0.15) is 36.0 Å². The fourth-order valence-corrected chi connectivity index (χ4v) is 5.32. The van der Waals surface area contributed by atoms with Gasteiger partial charge in [0.25, 0.3) is 0 Å². The Bertz CT molecular complexity index is 1290. The molecule has 1 aliphatic rings. The van der Waals surface area contributed by atoms with Gasteiger partial charge in [-0.2, -0.15) is 0 Å². The second kappa shape index (κ2) is 13.0. The highest BCUT2D eigenvalue weighted by Gasteiger charge is 2.39. The van der Waals surface area contributed by atoms with Crippen LogP contribution in [0.2, 0.25) is 5.02 Å². The molecular formula is C31H34ClF3N2O3. The summed E-state index contributed by atoms with van der Waals surface area (Å²) in [7, 11) is 1.80. The van der Waals surface area contributed by atoms with Gasteiger partial charge >= 0.3 is 6.36 Å². The summed E-state index contributed by atoms with van der Waals surface area (Å²) in [6, 6.07) is 21.4. The maximum Gasteiger partial charge on any atom is 0.573 e. The van der Waals surface area contributed by atoms with E-state index in [1.54, 1.807) is 30.1 Å². The molecule has 0 aliphatic carbocycles. The molecule has 214 valence electrons. The van der Waals surface area contributed by atoms with Crippen LogP contribution in [0.5, 0.6) is 11.5 Å². The van der Waals surface area contributed by atoms with Crippen LogP contribution in [0.4, 0.5) is 13.2 Å². The standard InChI is InChI=1S/C31H34ClF3N2O3/c1-23-16-26(12-13-28(23)32)39-22-30(18-29(38)36(2)19-24-8-4-3-5-9-24)14-7-15-37(21-30)20-25-10-6-11-27(17-25)40-31(33,34)35/h3-6,8-13,16-17H,7,14-15,18-22H2,1-2H3/t30-/m0/s1. The van der Waals surface area contributed by atoms with E-state index < -0.39 is 11.8 Å². The van der Waals surface area contributed by atoms with E-state index in [1.807, 2.05) is 49.4 Å². The Morgan fingerprint density at radius 3 is 2.50 bits per heavy atom. The third-order valence-corrected chi connectivity index (χ3v) is 7.59. The molecule has 0 aromatic heterocycles.